The van der Waals surface area contributed by atoms with Crippen LogP contribution in [0.2, 0.25) is 0 Å². The number of rotatable bonds is 24. The second kappa shape index (κ2) is 27.2. The number of unbranched alkanes of at least 4 members (excludes halogenated alkanes) is 14. The van der Waals surface area contributed by atoms with E-state index in [1.807, 2.05) is 24.3 Å². The molecule has 296 valence electrons. The van der Waals surface area contributed by atoms with Crippen molar-refractivity contribution in [1.82, 2.24) is 0 Å². The van der Waals surface area contributed by atoms with E-state index in [9.17, 15) is 25.9 Å². The molecule has 0 unspecified atom stereocenters. The molecule has 4 aromatic carbocycles. The minimum absolute atomic E-state index is 0. The first-order valence-corrected chi connectivity index (χ1v) is 22.4. The molecular weight excluding hydrogens is 761 g/mol. The number of ether oxygens (including phenoxy) is 2. The van der Waals surface area contributed by atoms with Crippen molar-refractivity contribution in [3.63, 3.8) is 0 Å². The smallest absolute Gasteiger partial charge is 0.744 e. The summed E-state index contributed by atoms with van der Waals surface area (Å²) < 4.78 is 77.0. The van der Waals surface area contributed by atoms with Crippen LogP contribution in [0, 0.1) is 0 Å². The Kier molecular flexibility index (Phi) is 24.1. The molecule has 0 bridgehead atoms. The summed E-state index contributed by atoms with van der Waals surface area (Å²) in [4.78, 5) is -0.508. The molecule has 0 aliphatic rings. The minimum atomic E-state index is -4.42. The third-order valence-corrected chi connectivity index (χ3v) is 10.9. The summed E-state index contributed by atoms with van der Waals surface area (Å²) in [6.45, 7) is 4.49. The Hall–Kier alpha value is -2.44. The fourth-order valence-electron chi connectivity index (χ4n) is 6.00. The van der Waals surface area contributed by atoms with E-state index >= 15 is 0 Å². The first-order chi connectivity index (χ1) is 26.0. The zero-order valence-electron chi connectivity index (χ0n) is 32.8. The molecule has 4 rings (SSSR count). The molecule has 8 nitrogen and oxygen atoms in total. The number of hydrogen-bond acceptors (Lipinski definition) is 8. The van der Waals surface area contributed by atoms with E-state index in [-0.39, 0.29) is 47.5 Å². The summed E-state index contributed by atoms with van der Waals surface area (Å²) in [6.07, 6.45) is 23.2. The summed E-state index contributed by atoms with van der Waals surface area (Å²) in [6, 6.07) is 26.9. The largest absolute Gasteiger partial charge is 2.00 e. The normalized spacial score (nSPS) is 11.3. The van der Waals surface area contributed by atoms with Crippen molar-refractivity contribution in [1.29, 1.82) is 0 Å². The molecule has 0 heterocycles. The Morgan fingerprint density at radius 3 is 0.873 bits per heavy atom. The van der Waals surface area contributed by atoms with Gasteiger partial charge in [-0.3, -0.25) is 0 Å². The van der Waals surface area contributed by atoms with Crippen molar-refractivity contribution in [3.8, 4) is 23.0 Å². The second-order valence-electron chi connectivity index (χ2n) is 13.8. The van der Waals surface area contributed by atoms with Crippen LogP contribution in [-0.4, -0.2) is 63.7 Å². The van der Waals surface area contributed by atoms with E-state index < -0.39 is 20.2 Å². The third-order valence-electron chi connectivity index (χ3n) is 9.18. The molecule has 0 saturated heterocycles. The zero-order chi connectivity index (χ0) is 39.1. The van der Waals surface area contributed by atoms with Crippen molar-refractivity contribution < 1.29 is 35.4 Å². The summed E-state index contributed by atoms with van der Waals surface area (Å²) in [5.41, 5.74) is 2.59. The predicted octanol–water partition coefficient (Wildman–Crippen LogP) is 11.8. The van der Waals surface area contributed by atoms with E-state index in [0.29, 0.717) is 23.0 Å². The summed E-state index contributed by atoms with van der Waals surface area (Å²) in [7, 11) is -8.85. The third kappa shape index (κ3) is 21.1. The first kappa shape index (κ1) is 48.7. The fourth-order valence-corrected chi connectivity index (χ4v) is 6.93. The van der Waals surface area contributed by atoms with Crippen LogP contribution in [0.4, 0.5) is 0 Å². The Morgan fingerprint density at radius 2 is 0.618 bits per heavy atom. The SMILES string of the molecule is CCCCCCCCCCc1ccc(Oc2ccc(S(=O)(=O)[O-])cc2)cc1.CCCCCCCCCCc1ccc(Oc2ccc(S(=O)(=O)[O-])cc2)cc1.[Ca+2]. The van der Waals surface area contributed by atoms with Crippen LogP contribution in [-0.2, 0) is 33.1 Å². The van der Waals surface area contributed by atoms with Crippen molar-refractivity contribution in [2.24, 2.45) is 0 Å². The summed E-state index contributed by atoms with van der Waals surface area (Å²) >= 11 is 0. The van der Waals surface area contributed by atoms with E-state index in [4.69, 9.17) is 9.47 Å². The Bertz CT molecular complexity index is 1670. The van der Waals surface area contributed by atoms with Gasteiger partial charge in [0.2, 0.25) is 0 Å². The van der Waals surface area contributed by atoms with Gasteiger partial charge in [0, 0.05) is 0 Å². The monoisotopic (exact) mass is 818 g/mol. The van der Waals surface area contributed by atoms with Gasteiger partial charge in [0.05, 0.1) is 9.79 Å². The fraction of sp³-hybridized carbons (Fsp3) is 0.455. The molecular formula is C44H58CaO8S2. The van der Waals surface area contributed by atoms with Crippen molar-refractivity contribution >= 4 is 58.0 Å². The standard InChI is InChI=1S/2C22H30O4S.Ca/c2*1-2-3-4-5-6-7-8-9-10-19-11-13-20(14-12-19)26-21-15-17-22(18-16-21)27(23,24)25;/h2*11-18H,2-10H2,1H3,(H,23,24,25);/q;;+2/p-2. The summed E-state index contributed by atoms with van der Waals surface area (Å²) in [5, 5.41) is 0. The number of hydrogen-bond donors (Lipinski definition) is 0. The molecule has 11 heteroatoms. The molecule has 0 aliphatic heterocycles. The van der Waals surface area contributed by atoms with E-state index in [0.717, 1.165) is 12.8 Å². The average Bonchev–Trinajstić information content (AvgIpc) is 3.15. The van der Waals surface area contributed by atoms with Gasteiger partial charge in [0.25, 0.3) is 0 Å². The first-order valence-electron chi connectivity index (χ1n) is 19.6. The Balaban J connectivity index is 0.000000373. The van der Waals surface area contributed by atoms with Crippen LogP contribution in [0.1, 0.15) is 128 Å². The second-order valence-corrected chi connectivity index (χ2v) is 16.6. The Labute approximate surface area is 361 Å². The molecule has 0 atom stereocenters. The topological polar surface area (TPSA) is 133 Å². The van der Waals surface area contributed by atoms with Gasteiger partial charge in [-0.25, -0.2) is 16.8 Å². The minimum Gasteiger partial charge on any atom is -0.744 e. The van der Waals surface area contributed by atoms with Gasteiger partial charge in [-0.1, -0.05) is 128 Å². The molecule has 0 amide bonds. The molecule has 0 aliphatic carbocycles. The predicted molar refractivity (Wildman–Crippen MR) is 220 cm³/mol. The van der Waals surface area contributed by atoms with Gasteiger partial charge in [-0.05, 0) is 110 Å². The number of benzene rings is 4. The quantitative estimate of drug-likeness (QED) is 0.0388. The Morgan fingerprint density at radius 1 is 0.382 bits per heavy atom. The number of aryl methyl sites for hydroxylation is 2. The summed E-state index contributed by atoms with van der Waals surface area (Å²) in [5.74, 6) is 2.37. The van der Waals surface area contributed by atoms with Crippen LogP contribution < -0.4 is 9.47 Å². The van der Waals surface area contributed by atoms with E-state index in [1.165, 1.54) is 162 Å². The van der Waals surface area contributed by atoms with E-state index in [2.05, 4.69) is 38.1 Å². The van der Waals surface area contributed by atoms with Gasteiger partial charge >= 0.3 is 37.7 Å². The van der Waals surface area contributed by atoms with Crippen LogP contribution in [0.25, 0.3) is 0 Å². The molecule has 0 fully saturated rings. The van der Waals surface area contributed by atoms with Crippen LogP contribution >= 0.6 is 0 Å². The maximum atomic E-state index is 10.9. The van der Waals surface area contributed by atoms with Gasteiger partial charge in [-0.2, -0.15) is 0 Å². The molecule has 0 aromatic heterocycles. The van der Waals surface area contributed by atoms with Crippen molar-refractivity contribution in [2.75, 3.05) is 0 Å². The maximum absolute atomic E-state index is 10.9. The van der Waals surface area contributed by atoms with Crippen LogP contribution in [0.5, 0.6) is 23.0 Å². The van der Waals surface area contributed by atoms with Gasteiger partial charge in [0.15, 0.2) is 0 Å². The maximum Gasteiger partial charge on any atom is 2.00 e. The molecule has 0 spiro atoms. The molecule has 0 N–H and O–H groups in total. The molecule has 55 heavy (non-hydrogen) atoms. The zero-order valence-corrected chi connectivity index (χ0v) is 36.6. The van der Waals surface area contributed by atoms with Crippen LogP contribution in [0.15, 0.2) is 107 Å². The van der Waals surface area contributed by atoms with Crippen molar-refractivity contribution in [2.45, 2.75) is 139 Å². The van der Waals surface area contributed by atoms with Crippen molar-refractivity contribution in [3.05, 3.63) is 108 Å². The van der Waals surface area contributed by atoms with Gasteiger partial charge < -0.3 is 18.6 Å². The van der Waals surface area contributed by atoms with Gasteiger partial charge in [0.1, 0.15) is 43.2 Å². The van der Waals surface area contributed by atoms with Gasteiger partial charge in [-0.15, -0.1) is 0 Å². The van der Waals surface area contributed by atoms with E-state index in [1.54, 1.807) is 0 Å². The molecule has 4 aromatic rings. The molecule has 0 radical (unpaired) electrons. The van der Waals surface area contributed by atoms with Crippen LogP contribution in [0.3, 0.4) is 0 Å². The molecule has 0 saturated carbocycles. The average molecular weight is 819 g/mol.